The fraction of sp³-hybridized carbons (Fsp3) is 0.286. The minimum absolute atomic E-state index is 0.0316. The molecule has 1 unspecified atom stereocenters. The van der Waals surface area contributed by atoms with E-state index in [0.717, 1.165) is 5.56 Å². The number of benzene rings is 2. The summed E-state index contributed by atoms with van der Waals surface area (Å²) in [5, 5.41) is 5.58. The van der Waals surface area contributed by atoms with Gasteiger partial charge in [-0.25, -0.2) is 14.5 Å². The molecule has 1 atom stereocenters. The van der Waals surface area contributed by atoms with Crippen LogP contribution in [-0.2, 0) is 4.79 Å². The van der Waals surface area contributed by atoms with Gasteiger partial charge in [0.15, 0.2) is 28.8 Å². The number of ketones is 1. The quantitative estimate of drug-likeness (QED) is 0.295. The average molecular weight is 551 g/mol. The lowest BCUT2D eigenvalue weighted by molar-refractivity contribution is -0.118. The van der Waals surface area contributed by atoms with E-state index in [1.54, 1.807) is 43.3 Å². The Morgan fingerprint density at radius 3 is 2.58 bits per heavy atom. The van der Waals surface area contributed by atoms with Crippen molar-refractivity contribution < 1.29 is 19.0 Å². The van der Waals surface area contributed by atoms with E-state index in [9.17, 15) is 4.79 Å². The Labute approximate surface area is 229 Å². The molecule has 1 aliphatic carbocycles. The van der Waals surface area contributed by atoms with E-state index in [1.165, 1.54) is 0 Å². The van der Waals surface area contributed by atoms with Crippen LogP contribution < -0.4 is 14.2 Å². The van der Waals surface area contributed by atoms with Crippen LogP contribution in [0.2, 0.25) is 10.0 Å². The summed E-state index contributed by atoms with van der Waals surface area (Å²) in [5.41, 5.74) is 3.00. The Hall–Kier alpha value is -3.62. The van der Waals surface area contributed by atoms with Crippen LogP contribution in [0.4, 0.5) is 0 Å². The van der Waals surface area contributed by atoms with Gasteiger partial charge in [-0.1, -0.05) is 43.1 Å². The van der Waals surface area contributed by atoms with Crippen molar-refractivity contribution in [2.45, 2.75) is 32.6 Å². The molecule has 0 saturated heterocycles. The molecule has 2 aromatic heterocycles. The third-order valence-corrected chi connectivity index (χ3v) is 7.52. The Balaban J connectivity index is 1.61. The van der Waals surface area contributed by atoms with E-state index in [0.29, 0.717) is 74.2 Å². The Morgan fingerprint density at radius 1 is 1.05 bits per heavy atom. The summed E-state index contributed by atoms with van der Waals surface area (Å²) in [4.78, 5) is 23.1. The molecule has 0 amide bonds. The molecule has 0 N–H and O–H groups in total. The van der Waals surface area contributed by atoms with E-state index >= 15 is 0 Å². The number of methoxy groups -OCH3 is 2. The predicted octanol–water partition coefficient (Wildman–Crippen LogP) is 6.28. The molecule has 2 aromatic carbocycles. The fourth-order valence-corrected chi connectivity index (χ4v) is 5.79. The van der Waals surface area contributed by atoms with Gasteiger partial charge in [0.1, 0.15) is 12.1 Å². The van der Waals surface area contributed by atoms with Gasteiger partial charge in [0, 0.05) is 29.0 Å². The summed E-state index contributed by atoms with van der Waals surface area (Å²) < 4.78 is 19.0. The van der Waals surface area contributed by atoms with Crippen LogP contribution in [0.5, 0.6) is 17.4 Å². The molecule has 4 aromatic rings. The van der Waals surface area contributed by atoms with Crippen LogP contribution in [0.15, 0.2) is 54.1 Å². The first-order chi connectivity index (χ1) is 18.2. The van der Waals surface area contributed by atoms with Crippen molar-refractivity contribution in [1.82, 2.24) is 19.6 Å². The first kappa shape index (κ1) is 24.7. The molecule has 0 spiro atoms. The smallest absolute Gasteiger partial charge is 0.228 e. The lowest BCUT2D eigenvalue weighted by atomic mass is 9.70. The van der Waals surface area contributed by atoms with Gasteiger partial charge >= 0.3 is 0 Å². The van der Waals surface area contributed by atoms with E-state index in [2.05, 4.69) is 23.9 Å². The van der Waals surface area contributed by atoms with Gasteiger partial charge < -0.3 is 14.2 Å². The molecule has 0 saturated carbocycles. The van der Waals surface area contributed by atoms with Gasteiger partial charge in [-0.15, -0.1) is 5.10 Å². The minimum atomic E-state index is -0.494. The zero-order valence-corrected chi connectivity index (χ0v) is 22.7. The van der Waals surface area contributed by atoms with Crippen molar-refractivity contribution in [3.05, 3.63) is 75.2 Å². The molecular formula is C28H24Cl2N4O4. The van der Waals surface area contributed by atoms with Crippen molar-refractivity contribution in [3.63, 3.8) is 0 Å². The van der Waals surface area contributed by atoms with Crippen LogP contribution in [0.3, 0.4) is 0 Å². The van der Waals surface area contributed by atoms with Gasteiger partial charge in [0.2, 0.25) is 5.88 Å². The number of nitrogens with zero attached hydrogens (tertiary/aromatic N) is 4. The SMILES string of the molecule is COc1ccc(C2C3=C(CC(C)(C)CC3=O)Oc3ncn4nc(-c5ccc(Cl)cc5Cl)nc4c32)cc1OC. The molecule has 0 fully saturated rings. The molecule has 2 aliphatic rings. The molecule has 38 heavy (non-hydrogen) atoms. The van der Waals surface area contributed by atoms with Crippen LogP contribution in [-0.4, -0.2) is 39.6 Å². The molecular weight excluding hydrogens is 527 g/mol. The van der Waals surface area contributed by atoms with Crippen LogP contribution in [0.25, 0.3) is 17.0 Å². The maximum atomic E-state index is 13.7. The van der Waals surface area contributed by atoms with Crippen molar-refractivity contribution >= 4 is 34.6 Å². The second-order valence-electron chi connectivity index (χ2n) is 10.2. The molecule has 194 valence electrons. The Morgan fingerprint density at radius 2 is 1.84 bits per heavy atom. The van der Waals surface area contributed by atoms with Crippen molar-refractivity contribution in [3.8, 4) is 28.8 Å². The Bertz CT molecular complexity index is 1660. The molecule has 0 radical (unpaired) electrons. The maximum Gasteiger partial charge on any atom is 0.228 e. The second-order valence-corrected chi connectivity index (χ2v) is 11.1. The molecule has 8 nitrogen and oxygen atoms in total. The number of allylic oxidation sites excluding steroid dienone is 2. The van der Waals surface area contributed by atoms with Crippen molar-refractivity contribution in [2.24, 2.45) is 5.41 Å². The third-order valence-electron chi connectivity index (χ3n) is 6.98. The molecule has 3 heterocycles. The number of fused-ring (bicyclic) bond motifs is 3. The highest BCUT2D eigenvalue weighted by molar-refractivity contribution is 6.36. The number of carbonyl (C=O) groups excluding carboxylic acids is 1. The largest absolute Gasteiger partial charge is 0.493 e. The summed E-state index contributed by atoms with van der Waals surface area (Å²) in [6.07, 6.45) is 2.58. The summed E-state index contributed by atoms with van der Waals surface area (Å²) >= 11 is 12.6. The topological polar surface area (TPSA) is 87.8 Å². The summed E-state index contributed by atoms with van der Waals surface area (Å²) in [6.45, 7) is 4.13. The summed E-state index contributed by atoms with van der Waals surface area (Å²) in [5.74, 6) is 2.11. The van der Waals surface area contributed by atoms with E-state index in [-0.39, 0.29) is 11.2 Å². The number of aromatic nitrogens is 4. The number of halogens is 2. The summed E-state index contributed by atoms with van der Waals surface area (Å²) in [7, 11) is 3.17. The summed E-state index contributed by atoms with van der Waals surface area (Å²) in [6, 6.07) is 10.8. The molecule has 1 aliphatic heterocycles. The van der Waals surface area contributed by atoms with Crippen molar-refractivity contribution in [2.75, 3.05) is 14.2 Å². The molecule has 0 bridgehead atoms. The molecule has 6 rings (SSSR count). The number of Topliss-reactive ketones (excluding diaryl/α,β-unsaturated/α-hetero) is 1. The number of carbonyl (C=O) groups is 1. The monoisotopic (exact) mass is 550 g/mol. The number of rotatable bonds is 4. The van der Waals surface area contributed by atoms with Crippen LogP contribution >= 0.6 is 23.2 Å². The van der Waals surface area contributed by atoms with Gasteiger partial charge in [0.25, 0.3) is 0 Å². The number of hydrogen-bond acceptors (Lipinski definition) is 7. The first-order valence-corrected chi connectivity index (χ1v) is 12.8. The first-order valence-electron chi connectivity index (χ1n) is 12.1. The van der Waals surface area contributed by atoms with E-state index in [1.807, 2.05) is 18.2 Å². The van der Waals surface area contributed by atoms with E-state index < -0.39 is 5.92 Å². The normalized spacial score (nSPS) is 18.2. The van der Waals surface area contributed by atoms with Gasteiger partial charge in [-0.3, -0.25) is 4.79 Å². The highest BCUT2D eigenvalue weighted by atomic mass is 35.5. The van der Waals surface area contributed by atoms with Gasteiger partial charge in [0.05, 0.1) is 30.7 Å². The van der Waals surface area contributed by atoms with Crippen LogP contribution in [0.1, 0.15) is 43.7 Å². The molecule has 10 heteroatoms. The standard InChI is InChI=1S/C28H24Cl2N4O4/c1-28(2)11-18(35)23-21(12-28)38-27-24(22(23)14-5-8-19(36-3)20(9-14)37-4)26-32-25(33-34(26)13-31-27)16-7-6-15(29)10-17(16)30/h5-10,13,22H,11-12H2,1-4H3. The van der Waals surface area contributed by atoms with Crippen molar-refractivity contribution in [1.29, 1.82) is 0 Å². The highest BCUT2D eigenvalue weighted by Gasteiger charge is 2.44. The number of hydrogen-bond donors (Lipinski definition) is 0. The van der Waals surface area contributed by atoms with Gasteiger partial charge in [-0.05, 0) is 41.3 Å². The Kier molecular flexibility index (Phi) is 5.85. The van der Waals surface area contributed by atoms with Gasteiger partial charge in [-0.2, -0.15) is 0 Å². The van der Waals surface area contributed by atoms with Crippen LogP contribution in [0, 0.1) is 5.41 Å². The zero-order valence-electron chi connectivity index (χ0n) is 21.2. The minimum Gasteiger partial charge on any atom is -0.493 e. The average Bonchev–Trinajstić information content (AvgIpc) is 3.30. The lowest BCUT2D eigenvalue weighted by Crippen LogP contribution is -2.33. The zero-order chi connectivity index (χ0) is 26.8. The van der Waals surface area contributed by atoms with E-state index in [4.69, 9.17) is 42.4 Å². The maximum absolute atomic E-state index is 13.7. The number of ether oxygens (including phenoxy) is 3. The third kappa shape index (κ3) is 3.99. The predicted molar refractivity (Wildman–Crippen MR) is 143 cm³/mol. The lowest BCUT2D eigenvalue weighted by Gasteiger charge is -2.37. The fourth-order valence-electron chi connectivity index (χ4n) is 5.30. The second kappa shape index (κ2) is 8.99. The highest BCUT2D eigenvalue weighted by Crippen LogP contribution is 2.51.